The van der Waals surface area contributed by atoms with Crippen LogP contribution in [-0.4, -0.2) is 13.0 Å². The molecule has 3 heteroatoms. The number of aryl methyl sites for hydroxylation is 2. The van der Waals surface area contributed by atoms with Gasteiger partial charge < -0.3 is 10.1 Å². The second-order valence-electron chi connectivity index (χ2n) is 6.98. The molecular formula is C23H23NO2. The minimum atomic E-state index is -0.111. The van der Waals surface area contributed by atoms with Gasteiger partial charge in [0.15, 0.2) is 0 Å². The standard InChI is InChI=1S/C23H23NO2/c1-15(17-11-10-16-8-5-9-18(16)12-17)24-23(25)21-13-19-6-3-4-7-20(19)14-22(21)26-2/h3-4,6-7,10-15H,5,8-9H2,1-2H3,(H,24,25). The maximum absolute atomic E-state index is 12.9. The summed E-state index contributed by atoms with van der Waals surface area (Å²) in [6, 6.07) is 18.3. The van der Waals surface area contributed by atoms with Crippen molar-refractivity contribution < 1.29 is 9.53 Å². The molecule has 1 N–H and O–H groups in total. The van der Waals surface area contributed by atoms with Crippen molar-refractivity contribution in [2.45, 2.75) is 32.2 Å². The lowest BCUT2D eigenvalue weighted by atomic mass is 10.0. The summed E-state index contributed by atoms with van der Waals surface area (Å²) in [7, 11) is 1.60. The molecule has 0 heterocycles. The van der Waals surface area contributed by atoms with Crippen molar-refractivity contribution >= 4 is 16.7 Å². The molecule has 0 saturated carbocycles. The number of nitrogens with one attached hydrogen (secondary N) is 1. The average Bonchev–Trinajstić information content (AvgIpc) is 3.14. The number of fused-ring (bicyclic) bond motifs is 2. The molecule has 0 saturated heterocycles. The monoisotopic (exact) mass is 345 g/mol. The van der Waals surface area contributed by atoms with Crippen molar-refractivity contribution in [2.24, 2.45) is 0 Å². The predicted octanol–water partition coefficient (Wildman–Crippen LogP) is 4.83. The minimum absolute atomic E-state index is 0.0513. The van der Waals surface area contributed by atoms with Crippen LogP contribution in [0.25, 0.3) is 10.8 Å². The molecule has 0 bridgehead atoms. The highest BCUT2D eigenvalue weighted by atomic mass is 16.5. The zero-order chi connectivity index (χ0) is 18.1. The highest BCUT2D eigenvalue weighted by Gasteiger charge is 2.18. The van der Waals surface area contributed by atoms with Crippen LogP contribution in [0.2, 0.25) is 0 Å². The third-order valence-electron chi connectivity index (χ3n) is 5.28. The highest BCUT2D eigenvalue weighted by Crippen LogP contribution is 2.28. The lowest BCUT2D eigenvalue weighted by Gasteiger charge is -2.17. The van der Waals surface area contributed by atoms with Crippen LogP contribution in [0.3, 0.4) is 0 Å². The lowest BCUT2D eigenvalue weighted by Crippen LogP contribution is -2.27. The molecule has 3 nitrogen and oxygen atoms in total. The van der Waals surface area contributed by atoms with Crippen LogP contribution in [0, 0.1) is 0 Å². The van der Waals surface area contributed by atoms with Crippen LogP contribution in [-0.2, 0) is 12.8 Å². The van der Waals surface area contributed by atoms with Gasteiger partial charge in [0.1, 0.15) is 5.75 Å². The Morgan fingerprint density at radius 3 is 2.50 bits per heavy atom. The summed E-state index contributed by atoms with van der Waals surface area (Å²) in [5.41, 5.74) is 4.59. The molecule has 0 spiro atoms. The Morgan fingerprint density at radius 2 is 1.73 bits per heavy atom. The molecule has 3 aromatic rings. The summed E-state index contributed by atoms with van der Waals surface area (Å²) in [6.07, 6.45) is 3.54. The number of rotatable bonds is 4. The molecule has 26 heavy (non-hydrogen) atoms. The van der Waals surface area contributed by atoms with Crippen molar-refractivity contribution in [3.63, 3.8) is 0 Å². The molecule has 1 unspecified atom stereocenters. The highest BCUT2D eigenvalue weighted by molar-refractivity contribution is 6.01. The van der Waals surface area contributed by atoms with E-state index in [1.54, 1.807) is 7.11 Å². The van der Waals surface area contributed by atoms with Crippen molar-refractivity contribution in [3.05, 3.63) is 76.9 Å². The number of carbonyl (C=O) groups is 1. The summed E-state index contributed by atoms with van der Waals surface area (Å²) in [5, 5.41) is 5.22. The van der Waals surface area contributed by atoms with E-state index in [2.05, 4.69) is 23.5 Å². The fourth-order valence-corrected chi connectivity index (χ4v) is 3.78. The average molecular weight is 345 g/mol. The normalized spacial score (nSPS) is 14.1. The van der Waals surface area contributed by atoms with Crippen LogP contribution in [0.5, 0.6) is 5.75 Å². The van der Waals surface area contributed by atoms with Gasteiger partial charge in [-0.3, -0.25) is 4.79 Å². The lowest BCUT2D eigenvalue weighted by molar-refractivity contribution is 0.0937. The van der Waals surface area contributed by atoms with Gasteiger partial charge in [-0.05, 0) is 65.8 Å². The van der Waals surface area contributed by atoms with E-state index in [9.17, 15) is 4.79 Å². The smallest absolute Gasteiger partial charge is 0.255 e. The quantitative estimate of drug-likeness (QED) is 0.735. The zero-order valence-corrected chi connectivity index (χ0v) is 15.2. The maximum atomic E-state index is 12.9. The summed E-state index contributed by atoms with van der Waals surface area (Å²) in [4.78, 5) is 12.9. The summed E-state index contributed by atoms with van der Waals surface area (Å²) >= 11 is 0. The maximum Gasteiger partial charge on any atom is 0.255 e. The van der Waals surface area contributed by atoms with E-state index in [-0.39, 0.29) is 11.9 Å². The van der Waals surface area contributed by atoms with Crippen molar-refractivity contribution in [3.8, 4) is 5.75 Å². The van der Waals surface area contributed by atoms with Crippen LogP contribution < -0.4 is 10.1 Å². The third-order valence-corrected chi connectivity index (χ3v) is 5.28. The first kappa shape index (κ1) is 16.6. The van der Waals surface area contributed by atoms with Crippen molar-refractivity contribution in [2.75, 3.05) is 7.11 Å². The molecule has 3 aromatic carbocycles. The van der Waals surface area contributed by atoms with Gasteiger partial charge in [0.05, 0.1) is 18.7 Å². The molecule has 1 atom stereocenters. The zero-order valence-electron chi connectivity index (χ0n) is 15.2. The number of methoxy groups -OCH3 is 1. The fraction of sp³-hybridized carbons (Fsp3) is 0.261. The summed E-state index contributed by atoms with van der Waals surface area (Å²) in [6.45, 7) is 2.03. The Kier molecular flexibility index (Phi) is 4.37. The second-order valence-corrected chi connectivity index (χ2v) is 6.98. The molecule has 4 rings (SSSR count). The van der Waals surface area contributed by atoms with Gasteiger partial charge in [-0.25, -0.2) is 0 Å². The van der Waals surface area contributed by atoms with Gasteiger partial charge in [0.25, 0.3) is 5.91 Å². The van der Waals surface area contributed by atoms with E-state index in [4.69, 9.17) is 4.74 Å². The minimum Gasteiger partial charge on any atom is -0.496 e. The van der Waals surface area contributed by atoms with Crippen LogP contribution in [0.1, 0.15) is 46.4 Å². The first-order valence-corrected chi connectivity index (χ1v) is 9.15. The number of amides is 1. The third kappa shape index (κ3) is 3.05. The van der Waals surface area contributed by atoms with Crippen LogP contribution in [0.4, 0.5) is 0 Å². The van der Waals surface area contributed by atoms with E-state index < -0.39 is 0 Å². The van der Waals surface area contributed by atoms with E-state index >= 15 is 0 Å². The van der Waals surface area contributed by atoms with Gasteiger partial charge in [-0.1, -0.05) is 42.5 Å². The molecule has 1 aliphatic carbocycles. The van der Waals surface area contributed by atoms with Gasteiger partial charge in [-0.2, -0.15) is 0 Å². The van der Waals surface area contributed by atoms with Gasteiger partial charge >= 0.3 is 0 Å². The molecule has 1 amide bonds. The van der Waals surface area contributed by atoms with Gasteiger partial charge in [0, 0.05) is 0 Å². The molecule has 0 aromatic heterocycles. The van der Waals surface area contributed by atoms with Gasteiger partial charge in [0.2, 0.25) is 0 Å². The van der Waals surface area contributed by atoms with Gasteiger partial charge in [-0.15, -0.1) is 0 Å². The topological polar surface area (TPSA) is 38.3 Å². The summed E-state index contributed by atoms with van der Waals surface area (Å²) < 4.78 is 5.46. The number of ether oxygens (including phenoxy) is 1. The predicted molar refractivity (Wildman–Crippen MR) is 105 cm³/mol. The Labute approximate surface area is 154 Å². The first-order chi connectivity index (χ1) is 12.7. The Bertz CT molecular complexity index is 977. The van der Waals surface area contributed by atoms with Crippen LogP contribution >= 0.6 is 0 Å². The fourth-order valence-electron chi connectivity index (χ4n) is 3.78. The van der Waals surface area contributed by atoms with E-state index in [0.29, 0.717) is 11.3 Å². The molecular weight excluding hydrogens is 322 g/mol. The molecule has 0 radical (unpaired) electrons. The molecule has 1 aliphatic rings. The summed E-state index contributed by atoms with van der Waals surface area (Å²) in [5.74, 6) is 0.489. The second kappa shape index (κ2) is 6.83. The van der Waals surface area contributed by atoms with Crippen molar-refractivity contribution in [1.29, 1.82) is 0 Å². The number of hydrogen-bond acceptors (Lipinski definition) is 2. The largest absolute Gasteiger partial charge is 0.496 e. The molecule has 0 fully saturated rings. The molecule has 132 valence electrons. The Hall–Kier alpha value is -2.81. The number of hydrogen-bond donors (Lipinski definition) is 1. The van der Waals surface area contributed by atoms with Crippen molar-refractivity contribution in [1.82, 2.24) is 5.32 Å². The van der Waals surface area contributed by atoms with E-state index in [0.717, 1.165) is 22.8 Å². The Balaban J connectivity index is 1.60. The Morgan fingerprint density at radius 1 is 1.00 bits per heavy atom. The number of benzene rings is 3. The van der Waals surface area contributed by atoms with E-state index in [1.165, 1.54) is 24.0 Å². The molecule has 0 aliphatic heterocycles. The first-order valence-electron chi connectivity index (χ1n) is 9.15. The van der Waals surface area contributed by atoms with E-state index in [1.807, 2.05) is 43.3 Å². The number of carbonyl (C=O) groups excluding carboxylic acids is 1. The SMILES string of the molecule is COc1cc2ccccc2cc1C(=O)NC(C)c1ccc2c(c1)CCC2. The van der Waals surface area contributed by atoms with Crippen LogP contribution in [0.15, 0.2) is 54.6 Å².